The molecule has 8 nitrogen and oxygen atoms in total. The van der Waals surface area contributed by atoms with Crippen molar-refractivity contribution in [2.45, 2.75) is 43.6 Å². The van der Waals surface area contributed by atoms with Crippen molar-refractivity contribution < 1.29 is 27.8 Å². The second-order valence-corrected chi connectivity index (χ2v) is 8.30. The number of piperidine rings is 1. The number of alkyl halides is 3. The lowest BCUT2D eigenvalue weighted by Gasteiger charge is -2.38. The van der Waals surface area contributed by atoms with Gasteiger partial charge in [0.1, 0.15) is 5.82 Å². The largest absolute Gasteiger partial charge is 0.490 e. The van der Waals surface area contributed by atoms with E-state index in [9.17, 15) is 13.2 Å². The van der Waals surface area contributed by atoms with Crippen molar-refractivity contribution in [2.75, 3.05) is 25.0 Å². The summed E-state index contributed by atoms with van der Waals surface area (Å²) in [5.41, 5.74) is 0.0626. The molecule has 0 aliphatic carbocycles. The number of thiazole rings is 1. The lowest BCUT2D eigenvalue weighted by atomic mass is 9.87. The minimum absolute atomic E-state index is 0.0626. The maximum absolute atomic E-state index is 10.6. The molecule has 0 bridgehead atoms. The van der Waals surface area contributed by atoms with Gasteiger partial charge in [-0.1, -0.05) is 0 Å². The highest BCUT2D eigenvalue weighted by molar-refractivity contribution is 7.13. The average molecular weight is 447 g/mol. The predicted molar refractivity (Wildman–Crippen MR) is 104 cm³/mol. The van der Waals surface area contributed by atoms with E-state index >= 15 is 0 Å². The molecule has 2 aromatic heterocycles. The standard InChI is InChI=1S/C16H23N5OS.C2HF3O2/c1-20-8-4-17-14(20)11-21-6-2-16(3-7-21)10-13(12-22-16)19-15-18-5-9-23-15;3-2(4,5)1(6)7/h4-5,8-9,13H,2-3,6-7,10-12H2,1H3,(H,18,19);(H,6,7). The van der Waals surface area contributed by atoms with E-state index in [0.717, 1.165) is 56.5 Å². The van der Waals surface area contributed by atoms with E-state index in [1.165, 1.54) is 0 Å². The summed E-state index contributed by atoms with van der Waals surface area (Å²) in [5, 5.41) is 13.6. The van der Waals surface area contributed by atoms with Crippen LogP contribution in [-0.4, -0.2) is 68.0 Å². The number of nitrogens with one attached hydrogen (secondary N) is 1. The number of hydrogen-bond donors (Lipinski definition) is 2. The number of aliphatic carboxylic acids is 1. The van der Waals surface area contributed by atoms with Crippen molar-refractivity contribution >= 4 is 22.4 Å². The van der Waals surface area contributed by atoms with Gasteiger partial charge in [0.25, 0.3) is 0 Å². The van der Waals surface area contributed by atoms with Crippen LogP contribution in [0.1, 0.15) is 25.1 Å². The van der Waals surface area contributed by atoms with Crippen molar-refractivity contribution in [1.29, 1.82) is 0 Å². The third-order valence-electron chi connectivity index (χ3n) is 5.26. The van der Waals surface area contributed by atoms with E-state index in [2.05, 4.69) is 31.8 Å². The highest BCUT2D eigenvalue weighted by Crippen LogP contribution is 2.37. The maximum atomic E-state index is 10.6. The number of likely N-dealkylation sites (tertiary alicyclic amines) is 1. The first-order chi connectivity index (χ1) is 14.2. The number of aromatic nitrogens is 3. The van der Waals surface area contributed by atoms with Crippen LogP contribution in [0.15, 0.2) is 24.0 Å². The van der Waals surface area contributed by atoms with Crippen molar-refractivity contribution in [1.82, 2.24) is 19.4 Å². The molecule has 12 heteroatoms. The smallest absolute Gasteiger partial charge is 0.475 e. The Morgan fingerprint density at radius 1 is 1.37 bits per heavy atom. The van der Waals surface area contributed by atoms with Gasteiger partial charge in [0.15, 0.2) is 5.13 Å². The summed E-state index contributed by atoms with van der Waals surface area (Å²) in [5.74, 6) is -1.62. The summed E-state index contributed by atoms with van der Waals surface area (Å²) >= 11 is 1.65. The lowest BCUT2D eigenvalue weighted by Crippen LogP contribution is -2.44. The first-order valence-electron chi connectivity index (χ1n) is 9.45. The number of halogens is 3. The van der Waals surface area contributed by atoms with E-state index in [-0.39, 0.29) is 5.60 Å². The van der Waals surface area contributed by atoms with E-state index < -0.39 is 12.1 Å². The van der Waals surface area contributed by atoms with Crippen LogP contribution in [-0.2, 0) is 23.1 Å². The van der Waals surface area contributed by atoms with Crippen LogP contribution < -0.4 is 5.32 Å². The lowest BCUT2D eigenvalue weighted by molar-refractivity contribution is -0.192. The molecule has 166 valence electrons. The van der Waals surface area contributed by atoms with Gasteiger partial charge >= 0.3 is 12.1 Å². The molecular weight excluding hydrogens is 423 g/mol. The second kappa shape index (κ2) is 9.31. The van der Waals surface area contributed by atoms with Crippen LogP contribution in [0, 0.1) is 0 Å². The zero-order chi connectivity index (χ0) is 21.8. The Hall–Kier alpha value is -2.18. The maximum Gasteiger partial charge on any atom is 0.490 e. The van der Waals surface area contributed by atoms with Gasteiger partial charge in [-0.15, -0.1) is 11.3 Å². The molecule has 2 N–H and O–H groups in total. The summed E-state index contributed by atoms with van der Waals surface area (Å²) < 4.78 is 40.1. The molecule has 0 amide bonds. The molecule has 1 atom stereocenters. The highest BCUT2D eigenvalue weighted by Gasteiger charge is 2.43. The van der Waals surface area contributed by atoms with Crippen molar-refractivity contribution in [2.24, 2.45) is 7.05 Å². The molecule has 0 aromatic carbocycles. The number of nitrogens with zero attached hydrogens (tertiary/aromatic N) is 4. The first kappa shape index (κ1) is 22.5. The zero-order valence-corrected chi connectivity index (χ0v) is 17.2. The van der Waals surface area contributed by atoms with Gasteiger partial charge in [0.2, 0.25) is 0 Å². The molecule has 30 heavy (non-hydrogen) atoms. The van der Waals surface area contributed by atoms with Gasteiger partial charge in [-0.25, -0.2) is 14.8 Å². The summed E-state index contributed by atoms with van der Waals surface area (Å²) in [4.78, 5) is 20.1. The Morgan fingerprint density at radius 3 is 2.60 bits per heavy atom. The van der Waals surface area contributed by atoms with Crippen LogP contribution in [0.25, 0.3) is 0 Å². The van der Waals surface area contributed by atoms with Gasteiger partial charge in [0, 0.05) is 44.1 Å². The van der Waals surface area contributed by atoms with Crippen LogP contribution in [0.2, 0.25) is 0 Å². The van der Waals surface area contributed by atoms with Crippen molar-refractivity contribution in [3.05, 3.63) is 29.8 Å². The fourth-order valence-electron chi connectivity index (χ4n) is 3.62. The highest BCUT2D eigenvalue weighted by atomic mass is 32.1. The number of hydrogen-bond acceptors (Lipinski definition) is 7. The third-order valence-corrected chi connectivity index (χ3v) is 5.97. The summed E-state index contributed by atoms with van der Waals surface area (Å²) in [6.07, 6.45) is 3.93. The fraction of sp³-hybridized carbons (Fsp3) is 0.611. The molecule has 4 rings (SSSR count). The van der Waals surface area contributed by atoms with Gasteiger partial charge in [0.05, 0.1) is 24.8 Å². The summed E-state index contributed by atoms with van der Waals surface area (Å²) in [6.45, 7) is 3.88. The molecule has 2 aliphatic heterocycles. The minimum Gasteiger partial charge on any atom is -0.475 e. The second-order valence-electron chi connectivity index (χ2n) is 7.41. The number of carbonyl (C=O) groups is 1. The van der Waals surface area contributed by atoms with E-state index in [4.69, 9.17) is 14.6 Å². The molecule has 0 saturated carbocycles. The van der Waals surface area contributed by atoms with E-state index in [0.29, 0.717) is 6.04 Å². The molecule has 0 radical (unpaired) electrons. The monoisotopic (exact) mass is 447 g/mol. The molecule has 2 aromatic rings. The zero-order valence-electron chi connectivity index (χ0n) is 16.4. The van der Waals surface area contributed by atoms with Crippen LogP contribution in [0.3, 0.4) is 0 Å². The number of aryl methyl sites for hydroxylation is 1. The third kappa shape index (κ3) is 5.92. The summed E-state index contributed by atoms with van der Waals surface area (Å²) in [7, 11) is 2.06. The number of rotatable bonds is 4. The Bertz CT molecular complexity index is 819. The molecule has 4 heterocycles. The van der Waals surface area contributed by atoms with Gasteiger partial charge < -0.3 is 19.7 Å². The average Bonchev–Trinajstić information content (AvgIpc) is 3.41. The minimum atomic E-state index is -5.08. The quantitative estimate of drug-likeness (QED) is 0.745. The summed E-state index contributed by atoms with van der Waals surface area (Å²) in [6, 6.07) is 0.391. The Morgan fingerprint density at radius 2 is 2.07 bits per heavy atom. The van der Waals surface area contributed by atoms with Gasteiger partial charge in [-0.05, 0) is 19.3 Å². The number of ether oxygens (including phenoxy) is 1. The molecule has 1 unspecified atom stereocenters. The van der Waals surface area contributed by atoms with Gasteiger partial charge in [-0.2, -0.15) is 13.2 Å². The van der Waals surface area contributed by atoms with Crippen LogP contribution in [0.5, 0.6) is 0 Å². The van der Waals surface area contributed by atoms with E-state index in [1.54, 1.807) is 11.3 Å². The molecule has 2 aliphatic rings. The fourth-order valence-corrected chi connectivity index (χ4v) is 4.23. The molecular formula is C18H24F3N5O3S. The molecule has 2 saturated heterocycles. The van der Waals surface area contributed by atoms with E-state index in [1.807, 2.05) is 24.0 Å². The SMILES string of the molecule is Cn1ccnc1CN1CCC2(CC1)CC(Nc1nccs1)CO2.O=C(O)C(F)(F)F. The van der Waals surface area contributed by atoms with Crippen LogP contribution >= 0.6 is 11.3 Å². The van der Waals surface area contributed by atoms with Crippen LogP contribution in [0.4, 0.5) is 18.3 Å². The predicted octanol–water partition coefficient (Wildman–Crippen LogP) is 2.75. The first-order valence-corrected chi connectivity index (χ1v) is 10.3. The number of imidazole rings is 1. The number of carboxylic acids is 1. The number of carboxylic acid groups (broad SMARTS) is 1. The van der Waals surface area contributed by atoms with Crippen molar-refractivity contribution in [3.8, 4) is 0 Å². The molecule has 2 fully saturated rings. The molecule has 1 spiro atoms. The van der Waals surface area contributed by atoms with Crippen molar-refractivity contribution in [3.63, 3.8) is 0 Å². The Balaban J connectivity index is 0.000000318. The topological polar surface area (TPSA) is 92.5 Å². The number of anilines is 1. The Labute approximate surface area is 175 Å². The normalized spacial score (nSPS) is 21.3. The van der Waals surface area contributed by atoms with Gasteiger partial charge in [-0.3, -0.25) is 4.90 Å². The Kier molecular flexibility index (Phi) is 6.98.